The lowest BCUT2D eigenvalue weighted by molar-refractivity contribution is -0.146. The molecule has 6 atom stereocenters. The molecule has 1 aliphatic carbocycles. The Morgan fingerprint density at radius 2 is 1.67 bits per heavy atom. The molecule has 18 heteroatoms. The molecular weight excluding hydrogens is 623 g/mol. The summed E-state index contributed by atoms with van der Waals surface area (Å²) in [6.07, 6.45) is -0.594. The first kappa shape index (κ1) is 35.9. The summed E-state index contributed by atoms with van der Waals surface area (Å²) in [4.78, 5) is 38.6. The van der Waals surface area contributed by atoms with Crippen molar-refractivity contribution in [2.45, 2.75) is 103 Å². The molecule has 4 rings (SSSR count). The van der Waals surface area contributed by atoms with Crippen molar-refractivity contribution in [1.82, 2.24) is 29.7 Å². The Balaban J connectivity index is 1.61. The average molecular weight is 671 g/mol. The van der Waals surface area contributed by atoms with E-state index >= 15 is 0 Å². The van der Waals surface area contributed by atoms with Crippen molar-refractivity contribution in [2.75, 3.05) is 30.9 Å². The van der Waals surface area contributed by atoms with E-state index in [0.29, 0.717) is 11.3 Å². The smallest absolute Gasteiger partial charge is 0.342 e. The number of nitrogens with one attached hydrogen (secondary N) is 3. The van der Waals surface area contributed by atoms with Gasteiger partial charge in [0.15, 0.2) is 23.2 Å². The number of nitrogens with zero attached hydrogens (tertiary/aromatic N) is 4. The van der Waals surface area contributed by atoms with E-state index in [2.05, 4.69) is 30.4 Å². The third kappa shape index (κ3) is 7.95. The Kier molecular flexibility index (Phi) is 11.3. The second kappa shape index (κ2) is 14.5. The van der Waals surface area contributed by atoms with Crippen LogP contribution >= 0.6 is 7.67 Å². The zero-order valence-electron chi connectivity index (χ0n) is 27.3. The number of aromatic nitrogens is 4. The summed E-state index contributed by atoms with van der Waals surface area (Å²) in [5, 5.41) is 31.4. The molecule has 2 aromatic heterocycles. The predicted octanol–water partition coefficient (Wildman–Crippen LogP) is 1.47. The number of fused-ring (bicyclic) bond motifs is 1. The van der Waals surface area contributed by atoms with E-state index in [1.54, 1.807) is 41.5 Å². The SMILES string of the molecule is CCOC(=O)C(NP(=O)(NC(C(=O)OCC)C(C)C)OC[C@H]1O[C@@H](n2cnc3c(NC4CC4)nc(N)nc32)[C@@](C)(O)C1O)C(C)C. The van der Waals surface area contributed by atoms with Gasteiger partial charge < -0.3 is 40.0 Å². The third-order valence-electron chi connectivity index (χ3n) is 7.82. The maximum atomic E-state index is 14.4. The van der Waals surface area contributed by atoms with Crippen LogP contribution in [0.4, 0.5) is 11.8 Å². The van der Waals surface area contributed by atoms with Gasteiger partial charge in [-0.3, -0.25) is 18.7 Å². The minimum Gasteiger partial charge on any atom is -0.465 e. The molecule has 17 nitrogen and oxygen atoms in total. The molecule has 0 amide bonds. The van der Waals surface area contributed by atoms with Crippen LogP contribution in [-0.2, 0) is 32.9 Å². The number of aliphatic hydroxyl groups excluding tert-OH is 1. The number of carbonyl (C=O) groups is 2. The number of ether oxygens (including phenoxy) is 3. The zero-order chi connectivity index (χ0) is 34.0. The summed E-state index contributed by atoms with van der Waals surface area (Å²) < 4.78 is 38.2. The normalized spacial score (nSPS) is 25.8. The van der Waals surface area contributed by atoms with Gasteiger partial charge in [0.2, 0.25) is 5.95 Å². The van der Waals surface area contributed by atoms with E-state index in [4.69, 9.17) is 24.5 Å². The molecule has 1 saturated carbocycles. The number of anilines is 2. The predicted molar refractivity (Wildman–Crippen MR) is 167 cm³/mol. The lowest BCUT2D eigenvalue weighted by Crippen LogP contribution is -2.49. The van der Waals surface area contributed by atoms with Crippen LogP contribution in [0.5, 0.6) is 0 Å². The van der Waals surface area contributed by atoms with Crippen LogP contribution < -0.4 is 21.2 Å². The number of nitrogens with two attached hydrogens (primary N) is 1. The van der Waals surface area contributed by atoms with Gasteiger partial charge in [0.1, 0.15) is 29.9 Å². The Morgan fingerprint density at radius 1 is 1.11 bits per heavy atom. The fourth-order valence-electron chi connectivity index (χ4n) is 5.07. The minimum atomic E-state index is -4.29. The fourth-order valence-corrected chi connectivity index (χ4v) is 7.19. The highest BCUT2D eigenvalue weighted by Crippen LogP contribution is 2.45. The monoisotopic (exact) mass is 670 g/mol. The topological polar surface area (TPSA) is 234 Å². The van der Waals surface area contributed by atoms with Crippen LogP contribution in [0.2, 0.25) is 0 Å². The highest BCUT2D eigenvalue weighted by molar-refractivity contribution is 7.54. The van der Waals surface area contributed by atoms with Gasteiger partial charge in [-0.2, -0.15) is 9.97 Å². The van der Waals surface area contributed by atoms with E-state index in [0.717, 1.165) is 12.8 Å². The number of hydrogen-bond donors (Lipinski definition) is 6. The summed E-state index contributed by atoms with van der Waals surface area (Å²) in [6, 6.07) is -1.91. The molecule has 0 bridgehead atoms. The molecule has 0 spiro atoms. The number of imidazole rings is 1. The molecule has 3 heterocycles. The van der Waals surface area contributed by atoms with Gasteiger partial charge in [0.25, 0.3) is 0 Å². The van der Waals surface area contributed by atoms with Crippen molar-refractivity contribution in [3.63, 3.8) is 0 Å². The highest BCUT2D eigenvalue weighted by Gasteiger charge is 2.54. The summed E-state index contributed by atoms with van der Waals surface area (Å²) in [5.74, 6) is -1.67. The van der Waals surface area contributed by atoms with Crippen LogP contribution in [0, 0.1) is 11.8 Å². The molecule has 7 N–H and O–H groups in total. The van der Waals surface area contributed by atoms with E-state index in [-0.39, 0.29) is 42.7 Å². The molecule has 2 aromatic rings. The maximum absolute atomic E-state index is 14.4. The Hall–Kier alpha value is -2.92. The Labute approximate surface area is 267 Å². The van der Waals surface area contributed by atoms with E-state index in [9.17, 15) is 24.4 Å². The van der Waals surface area contributed by atoms with Crippen LogP contribution in [-0.4, -0.2) is 97.4 Å². The molecular formula is C28H47N8O9P. The first-order chi connectivity index (χ1) is 21.6. The fraction of sp³-hybridized carbons (Fsp3) is 0.750. The molecule has 46 heavy (non-hydrogen) atoms. The van der Waals surface area contributed by atoms with Crippen LogP contribution in [0.15, 0.2) is 6.33 Å². The molecule has 2 aliphatic rings. The lowest BCUT2D eigenvalue weighted by Gasteiger charge is -2.31. The molecule has 0 aromatic carbocycles. The third-order valence-corrected chi connectivity index (χ3v) is 9.57. The summed E-state index contributed by atoms with van der Waals surface area (Å²) in [6.45, 7) is 11.3. The number of carbonyl (C=O) groups excluding carboxylic acids is 2. The van der Waals surface area contributed by atoms with Gasteiger partial charge in [-0.15, -0.1) is 0 Å². The van der Waals surface area contributed by atoms with Crippen molar-refractivity contribution < 1.29 is 43.1 Å². The second-order valence-electron chi connectivity index (χ2n) is 12.4. The quantitative estimate of drug-likeness (QED) is 0.110. The Bertz CT molecular complexity index is 1400. The van der Waals surface area contributed by atoms with Crippen molar-refractivity contribution in [3.8, 4) is 0 Å². The molecule has 258 valence electrons. The first-order valence-corrected chi connectivity index (χ1v) is 17.2. The lowest BCUT2D eigenvalue weighted by atomic mass is 9.96. The first-order valence-electron chi connectivity index (χ1n) is 15.6. The summed E-state index contributed by atoms with van der Waals surface area (Å²) >= 11 is 0. The van der Waals surface area contributed by atoms with Crippen LogP contribution in [0.1, 0.15) is 67.5 Å². The molecule has 3 unspecified atom stereocenters. The molecule has 1 aliphatic heterocycles. The van der Waals surface area contributed by atoms with Crippen molar-refractivity contribution in [2.24, 2.45) is 11.8 Å². The van der Waals surface area contributed by atoms with Crippen molar-refractivity contribution in [3.05, 3.63) is 6.33 Å². The highest BCUT2D eigenvalue weighted by atomic mass is 31.2. The van der Waals surface area contributed by atoms with Gasteiger partial charge in [0.05, 0.1) is 26.1 Å². The summed E-state index contributed by atoms with van der Waals surface area (Å²) in [7, 11) is -4.29. The standard InChI is InChI=1S/C28H47N8O9P/c1-8-42-24(38)18(14(3)4)34-46(41,35-19(15(5)6)25(39)43-9-2)44-12-17-21(37)28(7,40)26(45-17)36-13-30-20-22(31-16-10-11-16)32-27(29)33-23(20)36/h13-19,21,26,37,40H,8-12H2,1-7H3,(H2,34,35,41)(H3,29,31,32,33)/t17-,18?,19?,21?,26-,28+,46?/m1/s1. The van der Waals surface area contributed by atoms with Gasteiger partial charge >= 0.3 is 19.6 Å². The molecule has 0 radical (unpaired) electrons. The summed E-state index contributed by atoms with van der Waals surface area (Å²) in [5.41, 5.74) is 4.76. The van der Waals surface area contributed by atoms with Crippen molar-refractivity contribution in [1.29, 1.82) is 0 Å². The van der Waals surface area contributed by atoms with Gasteiger partial charge in [-0.1, -0.05) is 27.7 Å². The Morgan fingerprint density at radius 3 is 2.17 bits per heavy atom. The second-order valence-corrected chi connectivity index (χ2v) is 14.3. The number of rotatable bonds is 16. The van der Waals surface area contributed by atoms with E-state index < -0.39 is 62.3 Å². The number of aliphatic hydroxyl groups is 2. The number of hydrogen-bond acceptors (Lipinski definition) is 14. The molecule has 1 saturated heterocycles. The van der Waals surface area contributed by atoms with E-state index in [1.807, 2.05) is 0 Å². The van der Waals surface area contributed by atoms with Gasteiger partial charge in [0, 0.05) is 6.04 Å². The zero-order valence-corrected chi connectivity index (χ0v) is 28.2. The van der Waals surface area contributed by atoms with Crippen LogP contribution in [0.25, 0.3) is 11.2 Å². The minimum absolute atomic E-state index is 0.0174. The number of nitrogen functional groups attached to an aromatic ring is 1. The van der Waals surface area contributed by atoms with Crippen LogP contribution in [0.3, 0.4) is 0 Å². The van der Waals surface area contributed by atoms with Gasteiger partial charge in [-0.25, -0.2) is 15.2 Å². The largest absolute Gasteiger partial charge is 0.465 e. The van der Waals surface area contributed by atoms with E-state index in [1.165, 1.54) is 17.8 Å². The van der Waals surface area contributed by atoms with Gasteiger partial charge in [-0.05, 0) is 45.4 Å². The maximum Gasteiger partial charge on any atom is 0.342 e. The average Bonchev–Trinajstić information content (AvgIpc) is 3.65. The number of esters is 2. The molecule has 2 fully saturated rings. The van der Waals surface area contributed by atoms with Crippen molar-refractivity contribution >= 4 is 42.5 Å².